The lowest BCUT2D eigenvalue weighted by Crippen LogP contribution is -2.25. The minimum Gasteiger partial charge on any atom is -0.496 e. The van der Waals surface area contributed by atoms with Crippen LogP contribution in [0.25, 0.3) is 22.3 Å². The number of nitrogens with zero attached hydrogens (tertiary/aromatic N) is 3. The standard InChI is InChI=1S/C30H30BrN3O5/c1-17(2)23-15-24(18(3)13-27(23)37-5)28-33-25-10-8-7-9-22(25)29(35)34(28)32-16-20-14-21(31)11-12-26(20)39-19(4)30(36)38-6/h7-17,19H,1-6H3/t19-/m1/s1. The van der Waals surface area contributed by atoms with Crippen LogP contribution >= 0.6 is 15.9 Å². The summed E-state index contributed by atoms with van der Waals surface area (Å²) < 4.78 is 18.3. The number of hydrogen-bond acceptors (Lipinski definition) is 7. The molecule has 202 valence electrons. The van der Waals surface area contributed by atoms with E-state index in [9.17, 15) is 9.59 Å². The number of esters is 1. The summed E-state index contributed by atoms with van der Waals surface area (Å²) in [5, 5.41) is 5.05. The number of halogens is 1. The Morgan fingerprint density at radius 1 is 1.05 bits per heavy atom. The lowest BCUT2D eigenvalue weighted by Gasteiger charge is -2.17. The van der Waals surface area contributed by atoms with Crippen LogP contribution in [0.1, 0.15) is 43.4 Å². The molecule has 1 aromatic heterocycles. The van der Waals surface area contributed by atoms with Crippen molar-refractivity contribution in [3.05, 3.63) is 86.1 Å². The van der Waals surface area contributed by atoms with Gasteiger partial charge >= 0.3 is 5.97 Å². The number of aryl methyl sites for hydroxylation is 1. The summed E-state index contributed by atoms with van der Waals surface area (Å²) >= 11 is 3.47. The highest BCUT2D eigenvalue weighted by molar-refractivity contribution is 9.10. The fraction of sp³-hybridized carbons (Fsp3) is 0.267. The molecule has 4 rings (SSSR count). The Morgan fingerprint density at radius 3 is 2.49 bits per heavy atom. The molecule has 0 spiro atoms. The van der Waals surface area contributed by atoms with Crippen LogP contribution in [0.2, 0.25) is 0 Å². The van der Waals surface area contributed by atoms with E-state index in [1.807, 2.05) is 31.2 Å². The predicted octanol–water partition coefficient (Wildman–Crippen LogP) is 6.09. The van der Waals surface area contributed by atoms with Gasteiger partial charge in [0, 0.05) is 15.6 Å². The highest BCUT2D eigenvalue weighted by atomic mass is 79.9. The molecule has 39 heavy (non-hydrogen) atoms. The molecule has 0 saturated heterocycles. The second-order valence-corrected chi connectivity index (χ2v) is 10.3. The Labute approximate surface area is 235 Å². The van der Waals surface area contributed by atoms with Crippen LogP contribution in [0.3, 0.4) is 0 Å². The third kappa shape index (κ3) is 5.88. The van der Waals surface area contributed by atoms with Gasteiger partial charge in [-0.3, -0.25) is 4.79 Å². The van der Waals surface area contributed by atoms with Gasteiger partial charge < -0.3 is 14.2 Å². The molecule has 4 aromatic rings. The zero-order valence-corrected chi connectivity index (χ0v) is 24.3. The number of benzene rings is 3. The van der Waals surface area contributed by atoms with Gasteiger partial charge in [-0.05, 0) is 73.4 Å². The van der Waals surface area contributed by atoms with Gasteiger partial charge in [0.1, 0.15) is 11.5 Å². The Morgan fingerprint density at radius 2 is 1.79 bits per heavy atom. The molecule has 1 heterocycles. The lowest BCUT2D eigenvalue weighted by atomic mass is 9.96. The van der Waals surface area contributed by atoms with Crippen molar-refractivity contribution < 1.29 is 19.0 Å². The van der Waals surface area contributed by atoms with Crippen LogP contribution in [0.15, 0.2) is 69.0 Å². The molecule has 3 aromatic carbocycles. The van der Waals surface area contributed by atoms with E-state index in [0.717, 1.165) is 26.9 Å². The van der Waals surface area contributed by atoms with Crippen molar-refractivity contribution in [1.29, 1.82) is 0 Å². The molecule has 0 unspecified atom stereocenters. The second kappa shape index (κ2) is 11.8. The maximum atomic E-state index is 13.7. The summed E-state index contributed by atoms with van der Waals surface area (Å²) in [6, 6.07) is 16.4. The van der Waals surface area contributed by atoms with Crippen LogP contribution < -0.4 is 15.0 Å². The van der Waals surface area contributed by atoms with Gasteiger partial charge in [-0.25, -0.2) is 9.78 Å². The first-order chi connectivity index (χ1) is 18.6. The third-order valence-corrected chi connectivity index (χ3v) is 6.81. The molecule has 1 atom stereocenters. The quantitative estimate of drug-likeness (QED) is 0.182. The smallest absolute Gasteiger partial charge is 0.346 e. The highest BCUT2D eigenvalue weighted by Gasteiger charge is 2.19. The Kier molecular flexibility index (Phi) is 8.50. The summed E-state index contributed by atoms with van der Waals surface area (Å²) in [6.45, 7) is 7.72. The van der Waals surface area contributed by atoms with Crippen molar-refractivity contribution in [3.8, 4) is 22.9 Å². The largest absolute Gasteiger partial charge is 0.496 e. The monoisotopic (exact) mass is 591 g/mol. The van der Waals surface area contributed by atoms with E-state index in [1.165, 1.54) is 18.0 Å². The zero-order chi connectivity index (χ0) is 28.3. The van der Waals surface area contributed by atoms with Crippen molar-refractivity contribution in [2.45, 2.75) is 39.7 Å². The predicted molar refractivity (Wildman–Crippen MR) is 156 cm³/mol. The number of hydrogen-bond donors (Lipinski definition) is 0. The van der Waals surface area contributed by atoms with E-state index in [-0.39, 0.29) is 11.5 Å². The first-order valence-electron chi connectivity index (χ1n) is 12.4. The molecule has 0 aliphatic heterocycles. The second-order valence-electron chi connectivity index (χ2n) is 9.34. The number of rotatable bonds is 8. The van der Waals surface area contributed by atoms with Crippen molar-refractivity contribution >= 4 is 39.0 Å². The van der Waals surface area contributed by atoms with Crippen molar-refractivity contribution in [2.75, 3.05) is 14.2 Å². The Bertz CT molecular complexity index is 1630. The maximum Gasteiger partial charge on any atom is 0.346 e. The van der Waals surface area contributed by atoms with E-state index >= 15 is 0 Å². The summed E-state index contributed by atoms with van der Waals surface area (Å²) in [5.41, 5.74) is 3.47. The van der Waals surface area contributed by atoms with E-state index in [1.54, 1.807) is 44.4 Å². The molecule has 0 fully saturated rings. The van der Waals surface area contributed by atoms with Gasteiger partial charge in [0.25, 0.3) is 5.56 Å². The van der Waals surface area contributed by atoms with Crippen LogP contribution in [-0.4, -0.2) is 42.2 Å². The van der Waals surface area contributed by atoms with Crippen LogP contribution in [0.4, 0.5) is 0 Å². The molecule has 0 aliphatic carbocycles. The van der Waals surface area contributed by atoms with Gasteiger partial charge in [-0.1, -0.05) is 41.9 Å². The molecule has 0 bridgehead atoms. The molecule has 0 radical (unpaired) electrons. The van der Waals surface area contributed by atoms with Crippen LogP contribution in [0.5, 0.6) is 11.5 Å². The number of para-hydroxylation sites is 1. The van der Waals surface area contributed by atoms with Gasteiger partial charge in [-0.15, -0.1) is 0 Å². The van der Waals surface area contributed by atoms with E-state index in [2.05, 4.69) is 34.9 Å². The molecule has 0 aliphatic rings. The highest BCUT2D eigenvalue weighted by Crippen LogP contribution is 2.34. The first kappa shape index (κ1) is 28.0. The fourth-order valence-electron chi connectivity index (χ4n) is 4.22. The lowest BCUT2D eigenvalue weighted by molar-refractivity contribution is -0.147. The topological polar surface area (TPSA) is 92.0 Å². The van der Waals surface area contributed by atoms with Gasteiger partial charge in [0.15, 0.2) is 11.9 Å². The molecule has 0 saturated carbocycles. The normalized spacial score (nSPS) is 12.2. The van der Waals surface area contributed by atoms with E-state index < -0.39 is 12.1 Å². The number of carbonyl (C=O) groups is 1. The molecule has 8 nitrogen and oxygen atoms in total. The molecule has 0 amide bonds. The summed E-state index contributed by atoms with van der Waals surface area (Å²) in [4.78, 5) is 30.5. The van der Waals surface area contributed by atoms with Crippen molar-refractivity contribution in [2.24, 2.45) is 5.10 Å². The maximum absolute atomic E-state index is 13.7. The molecule has 9 heteroatoms. The Balaban J connectivity index is 1.93. The fourth-order valence-corrected chi connectivity index (χ4v) is 4.60. The van der Waals surface area contributed by atoms with Crippen LogP contribution in [0, 0.1) is 6.92 Å². The number of ether oxygens (including phenoxy) is 3. The first-order valence-corrected chi connectivity index (χ1v) is 13.2. The van der Waals surface area contributed by atoms with Crippen molar-refractivity contribution in [1.82, 2.24) is 9.66 Å². The van der Waals surface area contributed by atoms with E-state index in [0.29, 0.717) is 28.0 Å². The molecular weight excluding hydrogens is 562 g/mol. The minimum atomic E-state index is -0.833. The number of methoxy groups -OCH3 is 2. The number of fused-ring (bicyclic) bond motifs is 1. The third-order valence-electron chi connectivity index (χ3n) is 6.31. The van der Waals surface area contributed by atoms with Crippen molar-refractivity contribution in [3.63, 3.8) is 0 Å². The van der Waals surface area contributed by atoms with Gasteiger partial charge in [0.05, 0.1) is 31.3 Å². The number of carbonyl (C=O) groups excluding carboxylic acids is 1. The Hall–Kier alpha value is -3.98. The summed E-state index contributed by atoms with van der Waals surface area (Å²) in [7, 11) is 2.95. The average molecular weight is 592 g/mol. The van der Waals surface area contributed by atoms with E-state index in [4.69, 9.17) is 19.2 Å². The average Bonchev–Trinajstić information content (AvgIpc) is 2.92. The van der Waals surface area contributed by atoms with Gasteiger partial charge in [0.2, 0.25) is 0 Å². The van der Waals surface area contributed by atoms with Gasteiger partial charge in [-0.2, -0.15) is 9.78 Å². The summed E-state index contributed by atoms with van der Waals surface area (Å²) in [6.07, 6.45) is 0.688. The molecular formula is C30H30BrN3O5. The minimum absolute atomic E-state index is 0.182. The zero-order valence-electron chi connectivity index (χ0n) is 22.7. The number of aromatic nitrogens is 2. The summed E-state index contributed by atoms with van der Waals surface area (Å²) in [5.74, 6) is 1.26. The van der Waals surface area contributed by atoms with Crippen LogP contribution in [-0.2, 0) is 9.53 Å². The molecule has 0 N–H and O–H groups in total. The SMILES string of the molecule is COC(=O)[C@@H](C)Oc1ccc(Br)cc1C=Nn1c(-c2cc(C(C)C)c(OC)cc2C)nc2ccccc2c1=O.